The predicted octanol–water partition coefficient (Wildman–Crippen LogP) is 2.62. The van der Waals surface area contributed by atoms with Crippen LogP contribution in [0.2, 0.25) is 0 Å². The predicted molar refractivity (Wildman–Crippen MR) is 126 cm³/mol. The molecule has 9 nitrogen and oxygen atoms in total. The van der Waals surface area contributed by atoms with E-state index >= 15 is 0 Å². The van der Waals surface area contributed by atoms with Gasteiger partial charge in [-0.15, -0.1) is 5.10 Å². The van der Waals surface area contributed by atoms with E-state index in [1.165, 1.54) is 5.56 Å². The van der Waals surface area contributed by atoms with Gasteiger partial charge in [0.1, 0.15) is 6.10 Å². The minimum Gasteiger partial charge on any atom is -0.396 e. The van der Waals surface area contributed by atoms with Crippen molar-refractivity contribution < 1.29 is 14.9 Å². The fourth-order valence-electron chi connectivity index (χ4n) is 4.79. The van der Waals surface area contributed by atoms with Crippen molar-refractivity contribution in [2.45, 2.75) is 61.6 Å². The molecule has 2 aliphatic rings. The first-order valence-corrected chi connectivity index (χ1v) is 12.5. The van der Waals surface area contributed by atoms with E-state index in [-0.39, 0.29) is 18.6 Å². The van der Waals surface area contributed by atoms with Crippen molar-refractivity contribution >= 4 is 28.7 Å². The number of hydrogen-bond donors (Lipinski definition) is 3. The summed E-state index contributed by atoms with van der Waals surface area (Å²) in [5.74, 6) is 1.79. The van der Waals surface area contributed by atoms with Crippen molar-refractivity contribution in [1.82, 2.24) is 25.0 Å². The van der Waals surface area contributed by atoms with Crippen molar-refractivity contribution in [3.8, 4) is 0 Å². The minimum absolute atomic E-state index is 0.105. The molecule has 33 heavy (non-hydrogen) atoms. The zero-order valence-electron chi connectivity index (χ0n) is 18.8. The lowest BCUT2D eigenvalue weighted by molar-refractivity contribution is -0.0308. The maximum atomic E-state index is 10.6. The second-order valence-corrected chi connectivity index (χ2v) is 9.91. The Kier molecular flexibility index (Phi) is 6.51. The lowest BCUT2D eigenvalue weighted by Gasteiger charge is -2.21. The summed E-state index contributed by atoms with van der Waals surface area (Å²) in [4.78, 5) is 9.55. The molecular weight excluding hydrogens is 440 g/mol. The summed E-state index contributed by atoms with van der Waals surface area (Å²) >= 11 is 1.61. The van der Waals surface area contributed by atoms with Crippen LogP contribution in [0.15, 0.2) is 35.5 Å². The van der Waals surface area contributed by atoms with Crippen LogP contribution < -0.4 is 5.32 Å². The molecule has 3 N–H and O–H groups in total. The molecule has 1 aromatic carbocycles. The molecule has 6 atom stereocenters. The van der Waals surface area contributed by atoms with E-state index in [2.05, 4.69) is 46.8 Å². The highest BCUT2D eigenvalue weighted by atomic mass is 32.2. The highest BCUT2D eigenvalue weighted by Gasteiger charge is 2.45. The molecule has 2 unspecified atom stereocenters. The Morgan fingerprint density at radius 2 is 2.03 bits per heavy atom. The number of benzene rings is 1. The van der Waals surface area contributed by atoms with Gasteiger partial charge in [-0.25, -0.2) is 14.6 Å². The Balaban J connectivity index is 1.48. The molecule has 2 heterocycles. The molecule has 3 aromatic rings. The minimum atomic E-state index is -0.768. The van der Waals surface area contributed by atoms with Crippen LogP contribution in [0, 0.1) is 5.92 Å². The monoisotopic (exact) mass is 470 g/mol. The molecule has 0 saturated heterocycles. The topological polar surface area (TPSA) is 118 Å². The molecule has 0 bridgehead atoms. The van der Waals surface area contributed by atoms with Gasteiger partial charge >= 0.3 is 0 Å². The van der Waals surface area contributed by atoms with E-state index in [0.717, 1.165) is 18.6 Å². The average molecular weight is 471 g/mol. The molecule has 2 saturated carbocycles. The van der Waals surface area contributed by atoms with Gasteiger partial charge in [0.2, 0.25) is 0 Å². The van der Waals surface area contributed by atoms with Crippen LogP contribution in [0.4, 0.5) is 5.82 Å². The SMILES string of the molecule is CCCSc1nc(NC2CC2c2ccccc2)c2nnn([C@@H]3C[C@H](CO)[C@@H](O)[C@H]3OC)c2n1. The summed E-state index contributed by atoms with van der Waals surface area (Å²) in [6.45, 7) is 2.02. The smallest absolute Gasteiger partial charge is 0.191 e. The quantitative estimate of drug-likeness (QED) is 0.320. The maximum absolute atomic E-state index is 10.6. The number of fused-ring (bicyclic) bond motifs is 1. The summed E-state index contributed by atoms with van der Waals surface area (Å²) in [6, 6.07) is 10.5. The Bertz CT molecular complexity index is 1100. The summed E-state index contributed by atoms with van der Waals surface area (Å²) in [7, 11) is 1.57. The number of aliphatic hydroxyl groups excluding tert-OH is 2. The summed E-state index contributed by atoms with van der Waals surface area (Å²) in [5, 5.41) is 33.4. The molecule has 0 amide bonds. The fourth-order valence-corrected chi connectivity index (χ4v) is 5.48. The van der Waals surface area contributed by atoms with Crippen LogP contribution in [0.5, 0.6) is 0 Å². The van der Waals surface area contributed by atoms with Crippen LogP contribution in [0.1, 0.15) is 43.7 Å². The van der Waals surface area contributed by atoms with Crippen LogP contribution >= 0.6 is 11.8 Å². The van der Waals surface area contributed by atoms with Gasteiger partial charge < -0.3 is 20.3 Å². The van der Waals surface area contributed by atoms with Crippen molar-refractivity contribution in [2.24, 2.45) is 5.92 Å². The van der Waals surface area contributed by atoms with E-state index < -0.39 is 12.2 Å². The lowest BCUT2D eigenvalue weighted by Crippen LogP contribution is -2.32. The van der Waals surface area contributed by atoms with Gasteiger partial charge in [-0.2, -0.15) is 0 Å². The second-order valence-electron chi connectivity index (χ2n) is 8.85. The van der Waals surface area contributed by atoms with Gasteiger partial charge in [-0.1, -0.05) is 54.2 Å². The van der Waals surface area contributed by atoms with Gasteiger partial charge in [0, 0.05) is 37.3 Å². The first kappa shape index (κ1) is 22.5. The molecule has 10 heteroatoms. The third-order valence-corrected chi connectivity index (χ3v) is 7.70. The third kappa shape index (κ3) is 4.32. The third-order valence-electron chi connectivity index (χ3n) is 6.64. The zero-order valence-corrected chi connectivity index (χ0v) is 19.6. The highest BCUT2D eigenvalue weighted by molar-refractivity contribution is 7.99. The van der Waals surface area contributed by atoms with E-state index in [1.54, 1.807) is 23.6 Å². The lowest BCUT2D eigenvalue weighted by atomic mass is 10.1. The standard InChI is InChI=1S/C23H30N6O3S/c1-3-9-33-23-25-21(24-16-11-15(16)13-7-5-4-6-8-13)18-22(26-23)29(28-27-18)17-10-14(12-30)19(31)20(17)32-2/h4-8,14-17,19-20,30-31H,3,9-12H2,1-2H3,(H,24,25,26)/t14-,15?,16?,17-,19-,20+/m1/s1. The number of ether oxygens (including phenoxy) is 1. The molecule has 0 radical (unpaired) electrons. The van der Waals surface area contributed by atoms with Gasteiger partial charge in [0.25, 0.3) is 0 Å². The van der Waals surface area contributed by atoms with E-state index in [1.807, 2.05) is 6.07 Å². The Morgan fingerprint density at radius 1 is 1.21 bits per heavy atom. The number of aromatic nitrogens is 5. The van der Waals surface area contributed by atoms with Crippen LogP contribution in [-0.2, 0) is 4.74 Å². The molecule has 0 spiro atoms. The summed E-state index contributed by atoms with van der Waals surface area (Å²) in [5.41, 5.74) is 2.56. The number of nitrogens with zero attached hydrogens (tertiary/aromatic N) is 5. The number of thioether (sulfide) groups is 1. The molecule has 2 aliphatic carbocycles. The number of anilines is 1. The number of aliphatic hydroxyl groups is 2. The van der Waals surface area contributed by atoms with Crippen LogP contribution in [0.3, 0.4) is 0 Å². The molecule has 5 rings (SSSR count). The van der Waals surface area contributed by atoms with Crippen molar-refractivity contribution in [3.63, 3.8) is 0 Å². The average Bonchev–Trinajstić information content (AvgIpc) is 3.35. The van der Waals surface area contributed by atoms with Gasteiger partial charge in [0.05, 0.1) is 12.1 Å². The number of rotatable bonds is 9. The normalized spacial score (nSPS) is 29.0. The molecule has 176 valence electrons. The van der Waals surface area contributed by atoms with Crippen molar-refractivity contribution in [2.75, 3.05) is 24.8 Å². The van der Waals surface area contributed by atoms with Gasteiger partial charge in [0.15, 0.2) is 22.1 Å². The molecule has 2 fully saturated rings. The fraction of sp³-hybridized carbons (Fsp3) is 0.565. The van der Waals surface area contributed by atoms with Crippen molar-refractivity contribution in [1.29, 1.82) is 0 Å². The largest absolute Gasteiger partial charge is 0.396 e. The summed E-state index contributed by atoms with van der Waals surface area (Å²) < 4.78 is 7.33. The number of nitrogens with one attached hydrogen (secondary N) is 1. The van der Waals surface area contributed by atoms with E-state index in [0.29, 0.717) is 40.5 Å². The van der Waals surface area contributed by atoms with E-state index in [9.17, 15) is 10.2 Å². The Morgan fingerprint density at radius 3 is 2.76 bits per heavy atom. The number of hydrogen-bond acceptors (Lipinski definition) is 9. The zero-order chi connectivity index (χ0) is 22.9. The van der Waals surface area contributed by atoms with E-state index in [4.69, 9.17) is 14.7 Å². The Labute approximate surface area is 197 Å². The molecule has 2 aromatic heterocycles. The number of methoxy groups -OCH3 is 1. The first-order chi connectivity index (χ1) is 16.1. The van der Waals surface area contributed by atoms with Gasteiger partial charge in [-0.05, 0) is 24.8 Å². The highest BCUT2D eigenvalue weighted by Crippen LogP contribution is 2.44. The second kappa shape index (κ2) is 9.54. The first-order valence-electron chi connectivity index (χ1n) is 11.5. The summed E-state index contributed by atoms with van der Waals surface area (Å²) in [6.07, 6.45) is 1.34. The molecule has 0 aliphatic heterocycles. The maximum Gasteiger partial charge on any atom is 0.191 e. The molecular formula is C23H30N6O3S. The van der Waals surface area contributed by atoms with Crippen LogP contribution in [0.25, 0.3) is 11.2 Å². The van der Waals surface area contributed by atoms with Gasteiger partial charge in [-0.3, -0.25) is 0 Å². The Hall–Kier alpha value is -2.27. The van der Waals surface area contributed by atoms with Crippen molar-refractivity contribution in [3.05, 3.63) is 35.9 Å². The van der Waals surface area contributed by atoms with Crippen LogP contribution in [-0.4, -0.2) is 72.9 Å².